The molecule has 4 aromatic rings. The monoisotopic (exact) mass is 528 g/mol. The Morgan fingerprint density at radius 1 is 0.947 bits per heavy atom. The molecule has 5 rings (SSSR count). The zero-order valence-corrected chi connectivity index (χ0v) is 19.0. The molecule has 1 aliphatic heterocycles. The van der Waals surface area contributed by atoms with Gasteiger partial charge in [-0.2, -0.15) is 15.2 Å². The zero-order chi connectivity index (χ0) is 27.1. The third-order valence-corrected chi connectivity index (χ3v) is 5.50. The van der Waals surface area contributed by atoms with Crippen LogP contribution in [0.5, 0.6) is 5.75 Å². The number of carbonyl (C=O) groups excluding carboxylic acids is 1. The number of rotatable bonds is 5. The second kappa shape index (κ2) is 9.34. The normalized spacial score (nSPS) is 14.4. The number of benzene rings is 3. The summed E-state index contributed by atoms with van der Waals surface area (Å²) < 4.78 is 69.1. The third-order valence-electron chi connectivity index (χ3n) is 5.50. The van der Waals surface area contributed by atoms with Crippen molar-refractivity contribution in [1.29, 1.82) is 0 Å². The first-order chi connectivity index (χ1) is 18.2. The summed E-state index contributed by atoms with van der Waals surface area (Å²) in [4.78, 5) is 12.8. The van der Waals surface area contributed by atoms with Crippen LogP contribution in [0.25, 0.3) is 22.5 Å². The van der Waals surface area contributed by atoms with E-state index in [1.807, 2.05) is 0 Å². The van der Waals surface area contributed by atoms with Gasteiger partial charge in [0.25, 0.3) is 0 Å². The van der Waals surface area contributed by atoms with Crippen LogP contribution in [-0.4, -0.2) is 43.1 Å². The lowest BCUT2D eigenvalue weighted by Crippen LogP contribution is -2.30. The quantitative estimate of drug-likeness (QED) is 0.117. The fourth-order valence-electron chi connectivity index (χ4n) is 3.66. The summed E-state index contributed by atoms with van der Waals surface area (Å²) in [5.41, 5.74) is 1.90. The minimum atomic E-state index is -2.37. The van der Waals surface area contributed by atoms with Crippen LogP contribution in [0, 0.1) is 29.1 Å². The number of aromatic amines is 1. The van der Waals surface area contributed by atoms with Crippen LogP contribution < -0.4 is 10.4 Å². The number of phenols is 1. The second-order valence-corrected chi connectivity index (χ2v) is 7.83. The number of halogens is 5. The predicted molar refractivity (Wildman–Crippen MR) is 125 cm³/mol. The van der Waals surface area contributed by atoms with Crippen LogP contribution in [0.3, 0.4) is 0 Å². The Morgan fingerprint density at radius 2 is 1.61 bits per heavy atom. The number of aromatic hydroxyl groups is 1. The van der Waals surface area contributed by atoms with Gasteiger partial charge in [0.1, 0.15) is 11.4 Å². The summed E-state index contributed by atoms with van der Waals surface area (Å²) >= 11 is 0. The van der Waals surface area contributed by atoms with Crippen LogP contribution >= 0.6 is 0 Å². The third kappa shape index (κ3) is 3.99. The van der Waals surface area contributed by atoms with E-state index < -0.39 is 46.4 Å². The van der Waals surface area contributed by atoms with Gasteiger partial charge in [0.05, 0.1) is 11.4 Å². The first-order valence-corrected chi connectivity index (χ1v) is 10.6. The van der Waals surface area contributed by atoms with Gasteiger partial charge in [-0.15, -0.1) is 5.10 Å². The van der Waals surface area contributed by atoms with E-state index in [1.54, 1.807) is 36.4 Å². The highest BCUT2D eigenvalue weighted by molar-refractivity contribution is 6.71. The standard InChI is InChI=1S/C23H13F5N8O2/c1-9-19(23(38)36(33-9)20-17(27)15(25)14(24)16(26)18(20)28)30-29-13-7-3-6-12(21(13)37)10-4-2-5-11(8-10)22-31-34-35-32-22/h2-8,29,37H,1H3,(H,31,32,34,35). The van der Waals surface area contributed by atoms with Crippen molar-refractivity contribution >= 4 is 28.7 Å². The molecule has 0 bridgehead atoms. The maximum Gasteiger partial charge on any atom is 0.301 e. The van der Waals surface area contributed by atoms with Gasteiger partial charge in [-0.1, -0.05) is 30.3 Å². The van der Waals surface area contributed by atoms with E-state index in [1.165, 1.54) is 13.0 Å². The summed E-state index contributed by atoms with van der Waals surface area (Å²) in [5.74, 6) is -12.4. The highest BCUT2D eigenvalue weighted by Gasteiger charge is 2.38. The zero-order valence-electron chi connectivity index (χ0n) is 19.0. The molecular weight excluding hydrogens is 515 g/mol. The maximum absolute atomic E-state index is 14.2. The first-order valence-electron chi connectivity index (χ1n) is 10.6. The average molecular weight is 528 g/mol. The summed E-state index contributed by atoms with van der Waals surface area (Å²) in [5, 5.41) is 31.8. The SMILES string of the molecule is CC1=NN(c2c(F)c(F)c(F)c(F)c2F)C(=O)C1=NNc1cccc(-c2cccc(-c3nnn[nH]3)c2)c1O. The van der Waals surface area contributed by atoms with Crippen molar-refractivity contribution in [2.24, 2.45) is 10.2 Å². The van der Waals surface area contributed by atoms with E-state index in [-0.39, 0.29) is 22.2 Å². The number of hydrogen-bond donors (Lipinski definition) is 3. The molecule has 0 atom stereocenters. The van der Waals surface area contributed by atoms with Crippen molar-refractivity contribution in [3.05, 3.63) is 71.6 Å². The van der Waals surface area contributed by atoms with Gasteiger partial charge in [0, 0.05) is 11.1 Å². The Balaban J connectivity index is 1.45. The summed E-state index contributed by atoms with van der Waals surface area (Å²) in [6.45, 7) is 1.24. The molecule has 1 aromatic heterocycles. The molecule has 0 unspecified atom stereocenters. The minimum absolute atomic E-state index is 0.0340. The number of para-hydroxylation sites is 1. The molecule has 192 valence electrons. The first kappa shape index (κ1) is 24.5. The number of amides is 1. The van der Waals surface area contributed by atoms with Gasteiger partial charge < -0.3 is 5.11 Å². The number of anilines is 2. The van der Waals surface area contributed by atoms with E-state index in [9.17, 15) is 31.9 Å². The number of tetrazole rings is 1. The molecular formula is C23H13F5N8O2. The molecule has 0 aliphatic carbocycles. The highest BCUT2D eigenvalue weighted by Crippen LogP contribution is 2.37. The average Bonchev–Trinajstić information content (AvgIpc) is 3.55. The lowest BCUT2D eigenvalue weighted by atomic mass is 10.0. The van der Waals surface area contributed by atoms with Crippen molar-refractivity contribution in [1.82, 2.24) is 20.6 Å². The van der Waals surface area contributed by atoms with E-state index >= 15 is 0 Å². The lowest BCUT2D eigenvalue weighted by molar-refractivity contribution is -0.112. The van der Waals surface area contributed by atoms with E-state index in [0.29, 0.717) is 22.5 Å². The molecule has 3 N–H and O–H groups in total. The number of aromatic nitrogens is 4. The molecule has 38 heavy (non-hydrogen) atoms. The lowest BCUT2D eigenvalue weighted by Gasteiger charge is -2.14. The molecule has 3 aromatic carbocycles. The fourth-order valence-corrected chi connectivity index (χ4v) is 3.66. The molecule has 2 heterocycles. The van der Waals surface area contributed by atoms with Crippen LogP contribution in [0.1, 0.15) is 6.92 Å². The van der Waals surface area contributed by atoms with Crippen LogP contribution in [0.15, 0.2) is 52.7 Å². The molecule has 0 spiro atoms. The largest absolute Gasteiger partial charge is 0.505 e. The van der Waals surface area contributed by atoms with E-state index in [2.05, 4.69) is 36.3 Å². The van der Waals surface area contributed by atoms with Crippen molar-refractivity contribution < 1.29 is 31.9 Å². The molecule has 1 aliphatic rings. The number of H-pyrrole nitrogens is 1. The number of phenolic OH excluding ortho intramolecular Hbond substituents is 1. The van der Waals surface area contributed by atoms with Gasteiger partial charge >= 0.3 is 5.91 Å². The number of nitrogens with zero attached hydrogens (tertiary/aromatic N) is 6. The van der Waals surface area contributed by atoms with Crippen LogP contribution in [0.2, 0.25) is 0 Å². The van der Waals surface area contributed by atoms with Crippen LogP contribution in [-0.2, 0) is 4.79 Å². The molecule has 1 amide bonds. The van der Waals surface area contributed by atoms with Crippen molar-refractivity contribution in [2.45, 2.75) is 6.92 Å². The van der Waals surface area contributed by atoms with Gasteiger partial charge in [-0.3, -0.25) is 10.2 Å². The number of hydrazone groups is 2. The summed E-state index contributed by atoms with van der Waals surface area (Å²) in [6, 6.07) is 11.5. The van der Waals surface area contributed by atoms with Gasteiger partial charge in [0.2, 0.25) is 5.82 Å². The fraction of sp³-hybridized carbons (Fsp3) is 0.0435. The Morgan fingerprint density at radius 3 is 2.29 bits per heavy atom. The molecule has 15 heteroatoms. The Hall–Kier alpha value is -5.21. The minimum Gasteiger partial charge on any atom is -0.505 e. The summed E-state index contributed by atoms with van der Waals surface area (Å²) in [6.07, 6.45) is 0. The van der Waals surface area contributed by atoms with E-state index in [0.717, 1.165) is 0 Å². The smallest absolute Gasteiger partial charge is 0.301 e. The molecule has 0 saturated heterocycles. The topological polar surface area (TPSA) is 132 Å². The molecule has 0 fully saturated rings. The van der Waals surface area contributed by atoms with Crippen molar-refractivity contribution in [2.75, 3.05) is 10.4 Å². The predicted octanol–water partition coefficient (Wildman–Crippen LogP) is 4.13. The van der Waals surface area contributed by atoms with Crippen LogP contribution in [0.4, 0.5) is 33.3 Å². The van der Waals surface area contributed by atoms with E-state index in [4.69, 9.17) is 0 Å². The summed E-state index contributed by atoms with van der Waals surface area (Å²) in [7, 11) is 0. The Bertz CT molecular complexity index is 1630. The second-order valence-electron chi connectivity index (χ2n) is 7.83. The highest BCUT2D eigenvalue weighted by atomic mass is 19.2. The van der Waals surface area contributed by atoms with Gasteiger partial charge in [-0.05, 0) is 35.0 Å². The molecule has 0 saturated carbocycles. The van der Waals surface area contributed by atoms with Crippen molar-refractivity contribution in [3.8, 4) is 28.3 Å². The number of nitrogens with one attached hydrogen (secondary N) is 2. The van der Waals surface area contributed by atoms with Gasteiger partial charge in [0.15, 0.2) is 34.8 Å². The number of carbonyl (C=O) groups is 1. The molecule has 10 nitrogen and oxygen atoms in total. The van der Waals surface area contributed by atoms with Crippen molar-refractivity contribution in [3.63, 3.8) is 0 Å². The maximum atomic E-state index is 14.2. The number of hydrogen-bond acceptors (Lipinski definition) is 8. The van der Waals surface area contributed by atoms with Gasteiger partial charge in [-0.25, -0.2) is 27.1 Å². The Kier molecular flexibility index (Phi) is 6.02. The Labute approximate surface area is 209 Å². The molecule has 0 radical (unpaired) electrons.